The summed E-state index contributed by atoms with van der Waals surface area (Å²) in [6, 6.07) is 15.3. The van der Waals surface area contributed by atoms with E-state index in [-0.39, 0.29) is 17.2 Å². The number of carbonyl (C=O) groups excluding carboxylic acids is 1. The minimum atomic E-state index is -0.284. The third kappa shape index (κ3) is 3.57. The molecule has 1 aromatic carbocycles. The fraction of sp³-hybridized carbons (Fsp3) is 0.391. The Morgan fingerprint density at radius 3 is 2.71 bits per heavy atom. The van der Waals surface area contributed by atoms with Crippen LogP contribution < -0.4 is 4.74 Å². The number of hydrogen-bond donors (Lipinski definition) is 1. The minimum Gasteiger partial charge on any atom is -0.481 e. The molecule has 0 unspecified atom stereocenters. The molecular formula is C23H26N6O2. The molecule has 0 radical (unpaired) electrons. The quantitative estimate of drug-likeness (QED) is 0.682. The van der Waals surface area contributed by atoms with E-state index in [9.17, 15) is 4.79 Å². The van der Waals surface area contributed by atoms with E-state index in [1.54, 1.807) is 7.11 Å². The highest BCUT2D eigenvalue weighted by molar-refractivity contribution is 5.94. The highest BCUT2D eigenvalue weighted by Crippen LogP contribution is 2.44. The van der Waals surface area contributed by atoms with Crippen LogP contribution in [0.1, 0.15) is 27.7 Å². The van der Waals surface area contributed by atoms with Gasteiger partial charge >= 0.3 is 0 Å². The second-order valence-electron chi connectivity index (χ2n) is 8.49. The van der Waals surface area contributed by atoms with E-state index in [0.29, 0.717) is 19.0 Å². The molecule has 2 aromatic heterocycles. The van der Waals surface area contributed by atoms with Gasteiger partial charge in [-0.25, -0.2) is 9.97 Å². The van der Waals surface area contributed by atoms with Crippen LogP contribution in [0.2, 0.25) is 0 Å². The number of aromatic nitrogens is 4. The lowest BCUT2D eigenvalue weighted by Crippen LogP contribution is -2.40. The van der Waals surface area contributed by atoms with Gasteiger partial charge in [0.2, 0.25) is 5.88 Å². The third-order valence-electron chi connectivity index (χ3n) is 6.41. The van der Waals surface area contributed by atoms with Gasteiger partial charge in [0.25, 0.3) is 5.91 Å². The number of pyridine rings is 1. The van der Waals surface area contributed by atoms with Crippen molar-refractivity contribution in [3.05, 3.63) is 71.4 Å². The number of benzene rings is 1. The highest BCUT2D eigenvalue weighted by atomic mass is 16.5. The van der Waals surface area contributed by atoms with Crippen LogP contribution in [-0.2, 0) is 12.0 Å². The van der Waals surface area contributed by atoms with Gasteiger partial charge in [-0.05, 0) is 25.1 Å². The van der Waals surface area contributed by atoms with Crippen molar-refractivity contribution >= 4 is 5.91 Å². The fourth-order valence-corrected chi connectivity index (χ4v) is 4.98. The van der Waals surface area contributed by atoms with E-state index in [1.165, 1.54) is 0 Å². The summed E-state index contributed by atoms with van der Waals surface area (Å²) in [5.74, 6) is 2.56. The molecule has 1 amide bonds. The first-order valence-corrected chi connectivity index (χ1v) is 10.5. The van der Waals surface area contributed by atoms with Crippen molar-refractivity contribution in [1.82, 2.24) is 30.0 Å². The van der Waals surface area contributed by atoms with Gasteiger partial charge < -0.3 is 9.64 Å². The average Bonchev–Trinajstić information content (AvgIpc) is 3.46. The number of amides is 1. The Kier molecular flexibility index (Phi) is 4.94. The number of nitrogens with zero attached hydrogens (tertiary/aromatic N) is 5. The largest absolute Gasteiger partial charge is 0.481 e. The molecule has 2 atom stereocenters. The van der Waals surface area contributed by atoms with Crippen LogP contribution in [0.15, 0.2) is 48.5 Å². The van der Waals surface area contributed by atoms with Gasteiger partial charge in [0, 0.05) is 50.3 Å². The summed E-state index contributed by atoms with van der Waals surface area (Å²) in [4.78, 5) is 26.8. The number of hydrogen-bond acceptors (Lipinski definition) is 6. The van der Waals surface area contributed by atoms with E-state index in [0.717, 1.165) is 42.5 Å². The standard InChI is InChI=1S/C23H26N6O2/c1-16-24-22(27-26-16)23-14-28(13-19-9-6-10-20(25-19)31-2)11-18(23)12-29(15-23)21(30)17-7-4-3-5-8-17/h3-10,18H,11-15H2,1-2H3,(H,24,26,27)/t18-,23-/m1/s1. The smallest absolute Gasteiger partial charge is 0.253 e. The van der Waals surface area contributed by atoms with Crippen LogP contribution in [-0.4, -0.2) is 69.2 Å². The molecule has 8 heteroatoms. The maximum absolute atomic E-state index is 13.1. The predicted molar refractivity (Wildman–Crippen MR) is 115 cm³/mol. The van der Waals surface area contributed by atoms with Crippen LogP contribution in [0.4, 0.5) is 0 Å². The van der Waals surface area contributed by atoms with Gasteiger partial charge in [-0.3, -0.25) is 14.8 Å². The second-order valence-corrected chi connectivity index (χ2v) is 8.49. The number of H-pyrrole nitrogens is 1. The third-order valence-corrected chi connectivity index (χ3v) is 6.41. The number of aromatic amines is 1. The van der Waals surface area contributed by atoms with Crippen LogP contribution in [0.3, 0.4) is 0 Å². The van der Waals surface area contributed by atoms with Gasteiger partial charge in [-0.1, -0.05) is 24.3 Å². The molecule has 31 heavy (non-hydrogen) atoms. The summed E-state index contributed by atoms with van der Waals surface area (Å²) < 4.78 is 5.27. The SMILES string of the molecule is COc1cccc(CN2C[C@@H]3CN(C(=O)c4ccccc4)C[C@]3(c3n[nH]c(C)n3)C2)n1. The van der Waals surface area contributed by atoms with Crippen molar-refractivity contribution in [2.24, 2.45) is 5.92 Å². The predicted octanol–water partition coefficient (Wildman–Crippen LogP) is 2.04. The second kappa shape index (κ2) is 7.77. The summed E-state index contributed by atoms with van der Waals surface area (Å²) in [7, 11) is 1.63. The monoisotopic (exact) mass is 418 g/mol. The molecule has 2 aliphatic heterocycles. The van der Waals surface area contributed by atoms with E-state index in [1.807, 2.05) is 60.4 Å². The first-order valence-electron chi connectivity index (χ1n) is 10.5. The summed E-state index contributed by atoms with van der Waals surface area (Å²) in [6.45, 7) is 5.61. The lowest BCUT2D eigenvalue weighted by molar-refractivity contribution is 0.0768. The molecule has 0 spiro atoms. The zero-order valence-corrected chi connectivity index (χ0v) is 17.8. The topological polar surface area (TPSA) is 87.2 Å². The van der Waals surface area contributed by atoms with Gasteiger partial charge in [-0.2, -0.15) is 5.10 Å². The number of rotatable bonds is 5. The van der Waals surface area contributed by atoms with Gasteiger partial charge in [-0.15, -0.1) is 0 Å². The molecule has 0 saturated carbocycles. The zero-order chi connectivity index (χ0) is 21.4. The number of nitrogens with one attached hydrogen (secondary N) is 1. The highest BCUT2D eigenvalue weighted by Gasteiger charge is 2.56. The summed E-state index contributed by atoms with van der Waals surface area (Å²) in [5, 5.41) is 7.53. The lowest BCUT2D eigenvalue weighted by Gasteiger charge is -2.27. The Morgan fingerprint density at radius 2 is 1.97 bits per heavy atom. The summed E-state index contributed by atoms with van der Waals surface area (Å²) in [6.07, 6.45) is 0. The molecule has 2 saturated heterocycles. The van der Waals surface area contributed by atoms with Gasteiger partial charge in [0.1, 0.15) is 5.82 Å². The van der Waals surface area contributed by atoms with E-state index >= 15 is 0 Å². The number of carbonyl (C=O) groups is 1. The van der Waals surface area contributed by atoms with Crippen molar-refractivity contribution in [3.8, 4) is 5.88 Å². The molecule has 0 bridgehead atoms. The molecule has 8 nitrogen and oxygen atoms in total. The zero-order valence-electron chi connectivity index (χ0n) is 17.8. The molecule has 0 aliphatic carbocycles. The Labute approximate surface area is 181 Å². The van der Waals surface area contributed by atoms with Crippen LogP contribution in [0.5, 0.6) is 5.88 Å². The Balaban J connectivity index is 1.40. The van der Waals surface area contributed by atoms with Crippen LogP contribution >= 0.6 is 0 Å². The van der Waals surface area contributed by atoms with Crippen molar-refractivity contribution in [1.29, 1.82) is 0 Å². The maximum Gasteiger partial charge on any atom is 0.253 e. The van der Waals surface area contributed by atoms with E-state index < -0.39 is 0 Å². The molecule has 2 aliphatic rings. The lowest BCUT2D eigenvalue weighted by atomic mass is 9.80. The van der Waals surface area contributed by atoms with Crippen molar-refractivity contribution in [2.45, 2.75) is 18.9 Å². The molecular weight excluding hydrogens is 392 g/mol. The Bertz CT molecular complexity index is 1080. The number of fused-ring (bicyclic) bond motifs is 1. The number of methoxy groups -OCH3 is 1. The minimum absolute atomic E-state index is 0.0719. The number of ether oxygens (including phenoxy) is 1. The molecule has 3 aromatic rings. The van der Waals surface area contributed by atoms with Gasteiger partial charge in [0.05, 0.1) is 18.2 Å². The Morgan fingerprint density at radius 1 is 1.13 bits per heavy atom. The molecule has 2 fully saturated rings. The van der Waals surface area contributed by atoms with E-state index in [4.69, 9.17) is 9.72 Å². The normalized spacial score (nSPS) is 23.2. The fourth-order valence-electron chi connectivity index (χ4n) is 4.98. The van der Waals surface area contributed by atoms with Crippen LogP contribution in [0.25, 0.3) is 0 Å². The summed E-state index contributed by atoms with van der Waals surface area (Å²) in [5.41, 5.74) is 1.41. The molecule has 1 N–H and O–H groups in total. The van der Waals surface area contributed by atoms with Gasteiger partial charge in [0.15, 0.2) is 5.82 Å². The van der Waals surface area contributed by atoms with Crippen molar-refractivity contribution < 1.29 is 9.53 Å². The molecule has 160 valence electrons. The average molecular weight is 419 g/mol. The molecule has 5 rings (SSSR count). The number of likely N-dealkylation sites (tertiary alicyclic amines) is 2. The van der Waals surface area contributed by atoms with E-state index in [2.05, 4.69) is 20.1 Å². The van der Waals surface area contributed by atoms with Crippen LogP contribution in [0, 0.1) is 12.8 Å². The molecule has 4 heterocycles. The van der Waals surface area contributed by atoms with Crippen molar-refractivity contribution in [3.63, 3.8) is 0 Å². The summed E-state index contributed by atoms with van der Waals surface area (Å²) >= 11 is 0. The first kappa shape index (κ1) is 19.7. The van der Waals surface area contributed by atoms with Crippen molar-refractivity contribution in [2.75, 3.05) is 33.3 Å². The maximum atomic E-state index is 13.1. The Hall–Kier alpha value is -3.26. The number of aryl methyl sites for hydroxylation is 1. The first-order chi connectivity index (χ1) is 15.1.